The third-order valence-corrected chi connectivity index (χ3v) is 5.39. The van der Waals surface area contributed by atoms with Crippen LogP contribution in [0.25, 0.3) is 0 Å². The van der Waals surface area contributed by atoms with Crippen molar-refractivity contribution < 1.29 is 9.53 Å². The van der Waals surface area contributed by atoms with Crippen LogP contribution in [0, 0.1) is 18.8 Å². The van der Waals surface area contributed by atoms with E-state index in [0.29, 0.717) is 5.13 Å². The predicted molar refractivity (Wildman–Crippen MR) is 106 cm³/mol. The molecule has 5 nitrogen and oxygen atoms in total. The van der Waals surface area contributed by atoms with Crippen LogP contribution in [0.3, 0.4) is 0 Å². The monoisotopic (exact) mass is 373 g/mol. The minimum absolute atomic E-state index is 0.0130. The largest absolute Gasteiger partial charge is 0.483 e. The average molecular weight is 374 g/mol. The maximum Gasteiger partial charge on any atom is 0.264 e. The van der Waals surface area contributed by atoms with Crippen LogP contribution in [0.2, 0.25) is 0 Å². The van der Waals surface area contributed by atoms with Gasteiger partial charge in [-0.2, -0.15) is 0 Å². The molecule has 0 spiro atoms. The van der Waals surface area contributed by atoms with Gasteiger partial charge < -0.3 is 4.74 Å². The normalized spacial score (nSPS) is 20.7. The van der Waals surface area contributed by atoms with E-state index in [-0.39, 0.29) is 12.5 Å². The van der Waals surface area contributed by atoms with Gasteiger partial charge in [0.1, 0.15) is 5.75 Å². The van der Waals surface area contributed by atoms with Crippen LogP contribution in [0.1, 0.15) is 31.5 Å². The number of thiazole rings is 1. The van der Waals surface area contributed by atoms with E-state index in [4.69, 9.17) is 4.74 Å². The van der Waals surface area contributed by atoms with Gasteiger partial charge in [-0.1, -0.05) is 32.0 Å². The summed E-state index contributed by atoms with van der Waals surface area (Å²) in [6.07, 6.45) is 1.30. The van der Waals surface area contributed by atoms with Gasteiger partial charge in [-0.15, -0.1) is 11.3 Å². The van der Waals surface area contributed by atoms with E-state index in [1.165, 1.54) is 17.8 Å². The Labute approximate surface area is 159 Å². The van der Waals surface area contributed by atoms with Gasteiger partial charge in [0.25, 0.3) is 5.91 Å². The molecule has 1 N–H and O–H groups in total. The number of carbonyl (C=O) groups excluding carboxylic acids is 1. The summed E-state index contributed by atoms with van der Waals surface area (Å²) in [7, 11) is 0. The van der Waals surface area contributed by atoms with Gasteiger partial charge in [0.05, 0.1) is 5.69 Å². The molecule has 1 saturated heterocycles. The lowest BCUT2D eigenvalue weighted by Crippen LogP contribution is -2.38. The Bertz CT molecular complexity index is 736. The molecule has 3 rings (SSSR count). The summed E-state index contributed by atoms with van der Waals surface area (Å²) >= 11 is 1.47. The zero-order chi connectivity index (χ0) is 18.5. The molecule has 0 unspecified atom stereocenters. The second-order valence-corrected chi connectivity index (χ2v) is 8.24. The molecule has 0 aliphatic carbocycles. The number of amides is 1. The number of hydrogen-bond acceptors (Lipinski definition) is 5. The molecule has 1 aliphatic rings. The first-order valence-corrected chi connectivity index (χ1v) is 10.0. The van der Waals surface area contributed by atoms with Crippen molar-refractivity contribution in [2.24, 2.45) is 11.8 Å². The number of piperidine rings is 1. The summed E-state index contributed by atoms with van der Waals surface area (Å²) < 4.78 is 5.58. The number of likely N-dealkylation sites (tertiary alicyclic amines) is 1. The van der Waals surface area contributed by atoms with E-state index in [1.807, 2.05) is 36.6 Å². The average Bonchev–Trinajstić information content (AvgIpc) is 3.00. The Morgan fingerprint density at radius 2 is 2.04 bits per heavy atom. The summed E-state index contributed by atoms with van der Waals surface area (Å²) in [5.74, 6) is 2.01. The van der Waals surface area contributed by atoms with Crippen molar-refractivity contribution in [2.75, 3.05) is 25.0 Å². The lowest BCUT2D eigenvalue weighted by molar-refractivity contribution is -0.118. The van der Waals surface area contributed by atoms with Crippen LogP contribution in [0.15, 0.2) is 29.6 Å². The number of ether oxygens (including phenoxy) is 1. The van der Waals surface area contributed by atoms with Crippen molar-refractivity contribution in [3.05, 3.63) is 40.9 Å². The molecule has 0 bridgehead atoms. The zero-order valence-electron chi connectivity index (χ0n) is 15.7. The highest BCUT2D eigenvalue weighted by molar-refractivity contribution is 7.13. The molecule has 1 fully saturated rings. The highest BCUT2D eigenvalue weighted by Gasteiger charge is 2.22. The van der Waals surface area contributed by atoms with Gasteiger partial charge in [-0.25, -0.2) is 4.98 Å². The summed E-state index contributed by atoms with van der Waals surface area (Å²) in [5.41, 5.74) is 2.04. The number of aryl methyl sites for hydroxylation is 1. The fourth-order valence-electron chi connectivity index (χ4n) is 3.60. The third-order valence-electron chi connectivity index (χ3n) is 4.58. The van der Waals surface area contributed by atoms with Crippen LogP contribution >= 0.6 is 11.3 Å². The minimum Gasteiger partial charge on any atom is -0.483 e. The minimum atomic E-state index is -0.186. The van der Waals surface area contributed by atoms with Crippen molar-refractivity contribution in [1.82, 2.24) is 9.88 Å². The number of nitrogens with one attached hydrogen (secondary N) is 1. The van der Waals surface area contributed by atoms with E-state index >= 15 is 0 Å². The Morgan fingerprint density at radius 1 is 1.31 bits per heavy atom. The summed E-state index contributed by atoms with van der Waals surface area (Å²) in [6, 6.07) is 7.67. The van der Waals surface area contributed by atoms with Crippen LogP contribution in [0.5, 0.6) is 5.75 Å². The van der Waals surface area contributed by atoms with Gasteiger partial charge in [0, 0.05) is 25.0 Å². The highest BCUT2D eigenvalue weighted by Crippen LogP contribution is 2.24. The molecule has 1 aliphatic heterocycles. The summed E-state index contributed by atoms with van der Waals surface area (Å²) in [6.45, 7) is 9.65. The number of hydrogen-bond donors (Lipinski definition) is 1. The quantitative estimate of drug-likeness (QED) is 0.833. The smallest absolute Gasteiger partial charge is 0.264 e. The zero-order valence-corrected chi connectivity index (χ0v) is 16.5. The van der Waals surface area contributed by atoms with E-state index in [9.17, 15) is 4.79 Å². The van der Waals surface area contributed by atoms with Crippen molar-refractivity contribution in [3.8, 4) is 5.75 Å². The standard InChI is InChI=1S/C20H27N3O2S/c1-14-8-15(2)10-23(9-14)11-17-13-26-20(21-17)22-19(24)12-25-18-7-5-4-6-16(18)3/h4-7,13-15H,8-12H2,1-3H3,(H,21,22,24)/t14-,15-/m0/s1. The molecule has 26 heavy (non-hydrogen) atoms. The molecule has 0 saturated carbocycles. The van der Waals surface area contributed by atoms with E-state index in [1.54, 1.807) is 0 Å². The Morgan fingerprint density at radius 3 is 2.77 bits per heavy atom. The SMILES string of the molecule is Cc1ccccc1OCC(=O)Nc1nc(CN2C[C@@H](C)C[C@H](C)C2)cs1. The van der Waals surface area contributed by atoms with Gasteiger partial charge >= 0.3 is 0 Å². The molecule has 2 aromatic rings. The first kappa shape index (κ1) is 18.9. The lowest BCUT2D eigenvalue weighted by atomic mass is 9.92. The van der Waals surface area contributed by atoms with Crippen molar-refractivity contribution in [3.63, 3.8) is 0 Å². The van der Waals surface area contributed by atoms with E-state index < -0.39 is 0 Å². The summed E-state index contributed by atoms with van der Waals surface area (Å²) in [4.78, 5) is 19.1. The molecule has 140 valence electrons. The van der Waals surface area contributed by atoms with Crippen LogP contribution in [0.4, 0.5) is 5.13 Å². The topological polar surface area (TPSA) is 54.5 Å². The van der Waals surface area contributed by atoms with Crippen molar-refractivity contribution in [1.29, 1.82) is 0 Å². The first-order valence-electron chi connectivity index (χ1n) is 9.14. The molecule has 1 aromatic heterocycles. The lowest BCUT2D eigenvalue weighted by Gasteiger charge is -2.34. The number of para-hydroxylation sites is 1. The van der Waals surface area contributed by atoms with Gasteiger partial charge in [-0.3, -0.25) is 15.0 Å². The molecular weight excluding hydrogens is 346 g/mol. The first-order chi connectivity index (χ1) is 12.5. The third kappa shape index (κ3) is 5.29. The number of anilines is 1. The van der Waals surface area contributed by atoms with E-state index in [0.717, 1.165) is 48.5 Å². The number of aromatic nitrogens is 1. The molecule has 1 aromatic carbocycles. The molecule has 2 heterocycles. The van der Waals surface area contributed by atoms with Crippen molar-refractivity contribution >= 4 is 22.4 Å². The second-order valence-electron chi connectivity index (χ2n) is 7.39. The highest BCUT2D eigenvalue weighted by atomic mass is 32.1. The maximum atomic E-state index is 12.1. The Hall–Kier alpha value is -1.92. The predicted octanol–water partition coefficient (Wildman–Crippen LogP) is 3.95. The van der Waals surface area contributed by atoms with Crippen LogP contribution in [-0.2, 0) is 11.3 Å². The van der Waals surface area contributed by atoms with E-state index in [2.05, 4.69) is 29.0 Å². The Kier molecular flexibility index (Phi) is 6.27. The van der Waals surface area contributed by atoms with Crippen molar-refractivity contribution in [2.45, 2.75) is 33.7 Å². The van der Waals surface area contributed by atoms with Crippen LogP contribution in [-0.4, -0.2) is 35.5 Å². The molecule has 2 atom stereocenters. The molecule has 1 amide bonds. The fraction of sp³-hybridized carbons (Fsp3) is 0.500. The molecular formula is C20H27N3O2S. The number of nitrogens with zero attached hydrogens (tertiary/aromatic N) is 2. The molecule has 0 radical (unpaired) electrons. The van der Waals surface area contributed by atoms with Crippen LogP contribution < -0.4 is 10.1 Å². The van der Waals surface area contributed by atoms with Gasteiger partial charge in [0.2, 0.25) is 0 Å². The van der Waals surface area contributed by atoms with Gasteiger partial charge in [-0.05, 0) is 36.8 Å². The second kappa shape index (κ2) is 8.64. The number of rotatable bonds is 6. The molecule has 6 heteroatoms. The number of benzene rings is 1. The number of carbonyl (C=O) groups is 1. The maximum absolute atomic E-state index is 12.1. The van der Waals surface area contributed by atoms with Gasteiger partial charge in [0.15, 0.2) is 11.7 Å². The fourth-order valence-corrected chi connectivity index (χ4v) is 4.32. The Balaban J connectivity index is 1.48. The summed E-state index contributed by atoms with van der Waals surface area (Å²) in [5, 5.41) is 5.50.